The number of H-pyrrole nitrogens is 1. The average Bonchev–Trinajstić information content (AvgIpc) is 3.47. The van der Waals surface area contributed by atoms with Crippen molar-refractivity contribution in [2.75, 3.05) is 0 Å². The number of fused-ring (bicyclic) bond motifs is 2. The summed E-state index contributed by atoms with van der Waals surface area (Å²) in [5, 5.41) is 6.47. The molecule has 2 aromatic heterocycles. The molecule has 2 heterocycles. The van der Waals surface area contributed by atoms with Gasteiger partial charge in [-0.3, -0.25) is 4.79 Å². The van der Waals surface area contributed by atoms with E-state index in [4.69, 9.17) is 0 Å². The number of aryl methyl sites for hydroxylation is 2. The Morgan fingerprint density at radius 1 is 1.07 bits per heavy atom. The lowest BCUT2D eigenvalue weighted by Crippen LogP contribution is -2.30. The maximum atomic E-state index is 12.9. The van der Waals surface area contributed by atoms with Gasteiger partial charge in [-0.2, -0.15) is 0 Å². The third-order valence-corrected chi connectivity index (χ3v) is 6.55. The van der Waals surface area contributed by atoms with E-state index in [1.165, 1.54) is 34.4 Å². The normalized spacial score (nSPS) is 14.1. The summed E-state index contributed by atoms with van der Waals surface area (Å²) in [5.74, 6) is 0.0450. The van der Waals surface area contributed by atoms with Gasteiger partial charge >= 0.3 is 0 Å². The Balaban J connectivity index is 1.41. The van der Waals surface area contributed by atoms with Crippen LogP contribution in [0, 0.1) is 0 Å². The van der Waals surface area contributed by atoms with E-state index in [2.05, 4.69) is 46.0 Å². The van der Waals surface area contributed by atoms with Crippen LogP contribution in [0.3, 0.4) is 0 Å². The zero-order valence-electron chi connectivity index (χ0n) is 15.6. The van der Waals surface area contributed by atoms with Crippen LogP contribution in [-0.4, -0.2) is 10.9 Å². The van der Waals surface area contributed by atoms with Crippen molar-refractivity contribution in [1.82, 2.24) is 10.3 Å². The van der Waals surface area contributed by atoms with Crippen molar-refractivity contribution < 1.29 is 4.79 Å². The molecule has 0 aliphatic heterocycles. The fourth-order valence-corrected chi connectivity index (χ4v) is 5.01. The smallest absolute Gasteiger partial charge is 0.225 e. The fraction of sp³-hybridized carbons (Fsp3) is 0.208. The summed E-state index contributed by atoms with van der Waals surface area (Å²) in [6.07, 6.45) is 5.86. The summed E-state index contributed by atoms with van der Waals surface area (Å²) in [5.41, 5.74) is 6.17. The van der Waals surface area contributed by atoms with E-state index in [9.17, 15) is 4.79 Å². The van der Waals surface area contributed by atoms with Gasteiger partial charge in [-0.05, 0) is 59.0 Å². The number of para-hydroxylation sites is 1. The summed E-state index contributed by atoms with van der Waals surface area (Å²) < 4.78 is 0. The number of aromatic amines is 1. The van der Waals surface area contributed by atoms with Crippen LogP contribution in [0.25, 0.3) is 10.9 Å². The first-order valence-corrected chi connectivity index (χ1v) is 10.7. The van der Waals surface area contributed by atoms with Gasteiger partial charge in [-0.15, -0.1) is 11.3 Å². The zero-order chi connectivity index (χ0) is 18.9. The maximum absolute atomic E-state index is 12.9. The summed E-state index contributed by atoms with van der Waals surface area (Å²) >= 11 is 1.69. The number of amides is 1. The quantitative estimate of drug-likeness (QED) is 0.488. The first-order valence-electron chi connectivity index (χ1n) is 9.77. The third-order valence-electron chi connectivity index (χ3n) is 5.61. The van der Waals surface area contributed by atoms with E-state index in [0.717, 1.165) is 22.9 Å². The second-order valence-corrected chi connectivity index (χ2v) is 8.41. The molecule has 3 nitrogen and oxygen atoms in total. The lowest BCUT2D eigenvalue weighted by molar-refractivity contribution is -0.120. The molecule has 0 saturated heterocycles. The lowest BCUT2D eigenvalue weighted by Gasteiger charge is -2.19. The minimum atomic E-state index is -0.0939. The Bertz CT molecular complexity index is 1130. The molecule has 140 valence electrons. The Labute approximate surface area is 168 Å². The van der Waals surface area contributed by atoms with Crippen molar-refractivity contribution in [3.05, 3.63) is 93.3 Å². The summed E-state index contributed by atoms with van der Waals surface area (Å²) in [6.45, 7) is 0. The molecule has 0 fully saturated rings. The highest BCUT2D eigenvalue weighted by atomic mass is 32.1. The Hall–Kier alpha value is -2.85. The second-order valence-electron chi connectivity index (χ2n) is 7.43. The fourth-order valence-electron chi connectivity index (χ4n) is 4.21. The molecule has 2 aromatic carbocycles. The van der Waals surface area contributed by atoms with Gasteiger partial charge < -0.3 is 10.3 Å². The highest BCUT2D eigenvalue weighted by molar-refractivity contribution is 7.10. The number of carbonyl (C=O) groups excluding carboxylic acids is 1. The number of aromatic nitrogens is 1. The molecule has 1 aliphatic rings. The molecule has 28 heavy (non-hydrogen) atoms. The second kappa shape index (κ2) is 7.28. The molecule has 0 saturated carbocycles. The molecular formula is C24H22N2OS. The first kappa shape index (κ1) is 17.3. The van der Waals surface area contributed by atoms with Crippen molar-refractivity contribution in [1.29, 1.82) is 0 Å². The van der Waals surface area contributed by atoms with Gasteiger partial charge in [0.15, 0.2) is 0 Å². The molecule has 1 atom stereocenters. The van der Waals surface area contributed by atoms with Gasteiger partial charge in [0.2, 0.25) is 5.91 Å². The van der Waals surface area contributed by atoms with Crippen molar-refractivity contribution in [2.45, 2.75) is 31.7 Å². The summed E-state index contributed by atoms with van der Waals surface area (Å²) in [7, 11) is 0. The lowest BCUT2D eigenvalue weighted by atomic mass is 9.99. The van der Waals surface area contributed by atoms with Crippen LogP contribution < -0.4 is 5.32 Å². The summed E-state index contributed by atoms with van der Waals surface area (Å²) in [4.78, 5) is 17.4. The van der Waals surface area contributed by atoms with Crippen molar-refractivity contribution in [3.63, 3.8) is 0 Å². The monoisotopic (exact) mass is 386 g/mol. The molecule has 1 amide bonds. The Morgan fingerprint density at radius 2 is 1.96 bits per heavy atom. The minimum Gasteiger partial charge on any atom is -0.361 e. The molecule has 4 heteroatoms. The Morgan fingerprint density at radius 3 is 2.86 bits per heavy atom. The third kappa shape index (κ3) is 3.25. The number of benzene rings is 2. The Kier molecular flexibility index (Phi) is 4.49. The van der Waals surface area contributed by atoms with Crippen LogP contribution in [0.5, 0.6) is 0 Å². The molecule has 0 spiro atoms. The largest absolute Gasteiger partial charge is 0.361 e. The topological polar surface area (TPSA) is 44.9 Å². The molecule has 2 N–H and O–H groups in total. The average molecular weight is 387 g/mol. The van der Waals surface area contributed by atoms with Crippen LogP contribution in [-0.2, 0) is 24.1 Å². The van der Waals surface area contributed by atoms with E-state index < -0.39 is 0 Å². The predicted molar refractivity (Wildman–Crippen MR) is 115 cm³/mol. The van der Waals surface area contributed by atoms with Gasteiger partial charge in [0.25, 0.3) is 0 Å². The van der Waals surface area contributed by atoms with Gasteiger partial charge in [0, 0.05) is 22.0 Å². The van der Waals surface area contributed by atoms with Crippen LogP contribution in [0.2, 0.25) is 0 Å². The number of thiophene rings is 1. The zero-order valence-corrected chi connectivity index (χ0v) is 16.4. The van der Waals surface area contributed by atoms with Gasteiger partial charge in [-0.25, -0.2) is 0 Å². The highest BCUT2D eigenvalue weighted by Crippen LogP contribution is 2.30. The van der Waals surface area contributed by atoms with Crippen molar-refractivity contribution in [2.24, 2.45) is 0 Å². The summed E-state index contributed by atoms with van der Waals surface area (Å²) in [6, 6.07) is 18.9. The molecular weight excluding hydrogens is 364 g/mol. The standard InChI is InChI=1S/C24H22N2OS/c27-23(14-19-15-25-21-8-2-1-7-20(19)21)26-24(22-9-4-12-28-22)18-11-10-16-5-3-6-17(16)13-18/h1-2,4,7-13,15,24-25H,3,5-6,14H2,(H,26,27)/t24-/m1/s1. The SMILES string of the molecule is O=C(Cc1c[nH]c2ccccc12)N[C@H](c1ccc2c(c1)CCC2)c1cccs1. The molecule has 0 unspecified atom stereocenters. The van der Waals surface area contributed by atoms with E-state index >= 15 is 0 Å². The molecule has 4 aromatic rings. The number of hydrogen-bond donors (Lipinski definition) is 2. The van der Waals surface area contributed by atoms with Gasteiger partial charge in [0.05, 0.1) is 12.5 Å². The molecule has 0 bridgehead atoms. The van der Waals surface area contributed by atoms with E-state index in [0.29, 0.717) is 6.42 Å². The predicted octanol–water partition coefficient (Wildman–Crippen LogP) is 5.17. The highest BCUT2D eigenvalue weighted by Gasteiger charge is 2.21. The van der Waals surface area contributed by atoms with E-state index in [1.54, 1.807) is 11.3 Å². The first-order chi connectivity index (χ1) is 13.8. The van der Waals surface area contributed by atoms with Crippen molar-refractivity contribution in [3.8, 4) is 0 Å². The van der Waals surface area contributed by atoms with Gasteiger partial charge in [0.1, 0.15) is 0 Å². The van der Waals surface area contributed by atoms with Crippen LogP contribution in [0.4, 0.5) is 0 Å². The van der Waals surface area contributed by atoms with Crippen molar-refractivity contribution >= 4 is 28.1 Å². The molecule has 1 aliphatic carbocycles. The number of carbonyl (C=O) groups is 1. The number of nitrogens with one attached hydrogen (secondary N) is 2. The molecule has 5 rings (SSSR count). The van der Waals surface area contributed by atoms with Gasteiger partial charge in [-0.1, -0.05) is 42.5 Å². The van der Waals surface area contributed by atoms with E-state index in [-0.39, 0.29) is 11.9 Å². The van der Waals surface area contributed by atoms with Crippen LogP contribution in [0.15, 0.2) is 66.2 Å². The van der Waals surface area contributed by atoms with E-state index in [1.807, 2.05) is 30.5 Å². The molecule has 0 radical (unpaired) electrons. The number of rotatable bonds is 5. The minimum absolute atomic E-state index is 0.0450. The van der Waals surface area contributed by atoms with Crippen LogP contribution in [0.1, 0.15) is 39.6 Å². The maximum Gasteiger partial charge on any atom is 0.225 e. The number of hydrogen-bond acceptors (Lipinski definition) is 2. The van der Waals surface area contributed by atoms with Crippen LogP contribution >= 0.6 is 11.3 Å².